The third-order valence-corrected chi connectivity index (χ3v) is 5.27. The van der Waals surface area contributed by atoms with Gasteiger partial charge in [-0.1, -0.05) is 24.3 Å². The summed E-state index contributed by atoms with van der Waals surface area (Å²) in [6, 6.07) is 12.6. The molecule has 3 rings (SSSR count). The first-order chi connectivity index (χ1) is 11.2. The van der Waals surface area contributed by atoms with Crippen molar-refractivity contribution in [1.29, 1.82) is 0 Å². The number of benzene rings is 1. The molecule has 2 aromatic rings. The summed E-state index contributed by atoms with van der Waals surface area (Å²) in [7, 11) is 4.10. The largest absolute Gasteiger partial charge is 0.336 e. The standard InChI is InChI=1S/C18H23N3OS/c1-20(2)16(17-10-6-12-23-17)13-19-18(22)21-11-5-8-14-7-3-4-9-15(14)21/h3-4,6-7,9-10,12,16H,5,8,11,13H2,1-2H3,(H,19,22)/t16-/m0/s1. The maximum atomic E-state index is 12.7. The van der Waals surface area contributed by atoms with Gasteiger partial charge in [-0.15, -0.1) is 11.3 Å². The molecule has 1 aliphatic heterocycles. The van der Waals surface area contributed by atoms with Gasteiger partial charge >= 0.3 is 6.03 Å². The van der Waals surface area contributed by atoms with E-state index in [0.717, 1.165) is 25.1 Å². The van der Waals surface area contributed by atoms with E-state index in [0.29, 0.717) is 6.54 Å². The van der Waals surface area contributed by atoms with Gasteiger partial charge in [-0.3, -0.25) is 4.90 Å². The number of rotatable bonds is 4. The lowest BCUT2D eigenvalue weighted by Gasteiger charge is -2.31. The first-order valence-electron chi connectivity index (χ1n) is 8.00. The minimum Gasteiger partial charge on any atom is -0.336 e. The van der Waals surface area contributed by atoms with E-state index in [1.807, 2.05) is 37.2 Å². The minimum absolute atomic E-state index is 0.000515. The van der Waals surface area contributed by atoms with Gasteiger partial charge < -0.3 is 10.2 Å². The molecule has 1 aliphatic rings. The highest BCUT2D eigenvalue weighted by molar-refractivity contribution is 7.10. The molecular weight excluding hydrogens is 306 g/mol. The van der Waals surface area contributed by atoms with Crippen molar-refractivity contribution in [2.45, 2.75) is 18.9 Å². The zero-order valence-electron chi connectivity index (χ0n) is 13.7. The Morgan fingerprint density at radius 1 is 1.30 bits per heavy atom. The van der Waals surface area contributed by atoms with E-state index < -0.39 is 0 Å². The third-order valence-electron chi connectivity index (χ3n) is 4.30. The van der Waals surface area contributed by atoms with E-state index >= 15 is 0 Å². The Balaban J connectivity index is 1.68. The molecule has 1 aromatic carbocycles. The Morgan fingerprint density at radius 3 is 2.87 bits per heavy atom. The zero-order valence-corrected chi connectivity index (χ0v) is 14.5. The summed E-state index contributed by atoms with van der Waals surface area (Å²) in [6.45, 7) is 1.40. The Bertz CT molecular complexity index is 654. The van der Waals surface area contributed by atoms with Crippen LogP contribution in [0.2, 0.25) is 0 Å². The molecule has 0 saturated heterocycles. The molecule has 0 bridgehead atoms. The smallest absolute Gasteiger partial charge is 0.321 e. The van der Waals surface area contributed by atoms with Crippen LogP contribution in [0.3, 0.4) is 0 Å². The summed E-state index contributed by atoms with van der Waals surface area (Å²) in [5.41, 5.74) is 2.31. The van der Waals surface area contributed by atoms with Gasteiger partial charge in [-0.2, -0.15) is 0 Å². The highest BCUT2D eigenvalue weighted by atomic mass is 32.1. The quantitative estimate of drug-likeness (QED) is 0.932. The highest BCUT2D eigenvalue weighted by Crippen LogP contribution is 2.27. The predicted octanol–water partition coefficient (Wildman–Crippen LogP) is 3.51. The molecule has 23 heavy (non-hydrogen) atoms. The number of likely N-dealkylation sites (N-methyl/N-ethyl adjacent to an activating group) is 1. The topological polar surface area (TPSA) is 35.6 Å². The number of carbonyl (C=O) groups is 1. The van der Waals surface area contributed by atoms with Crippen LogP contribution in [-0.2, 0) is 6.42 Å². The maximum Gasteiger partial charge on any atom is 0.321 e. The van der Waals surface area contributed by atoms with Crippen LogP contribution in [0.4, 0.5) is 10.5 Å². The molecule has 2 amide bonds. The van der Waals surface area contributed by atoms with Gasteiger partial charge in [0.2, 0.25) is 0 Å². The predicted molar refractivity (Wildman–Crippen MR) is 96.3 cm³/mol. The monoisotopic (exact) mass is 329 g/mol. The summed E-state index contributed by atoms with van der Waals surface area (Å²) in [4.78, 5) is 18.0. The Kier molecular flexibility index (Phi) is 4.98. The number of hydrogen-bond acceptors (Lipinski definition) is 3. The molecule has 122 valence electrons. The van der Waals surface area contributed by atoms with Gasteiger partial charge in [0.05, 0.1) is 6.04 Å². The molecule has 5 heteroatoms. The molecule has 0 radical (unpaired) electrons. The van der Waals surface area contributed by atoms with Crippen molar-refractivity contribution in [3.05, 3.63) is 52.2 Å². The fourth-order valence-electron chi connectivity index (χ4n) is 3.04. The van der Waals surface area contributed by atoms with Crippen molar-refractivity contribution < 1.29 is 4.79 Å². The van der Waals surface area contributed by atoms with Crippen LogP contribution >= 0.6 is 11.3 Å². The molecule has 1 aromatic heterocycles. The number of anilines is 1. The number of carbonyl (C=O) groups excluding carboxylic acids is 1. The van der Waals surface area contributed by atoms with Crippen molar-refractivity contribution in [2.75, 3.05) is 32.1 Å². The van der Waals surface area contributed by atoms with E-state index in [1.165, 1.54) is 10.4 Å². The second kappa shape index (κ2) is 7.15. The van der Waals surface area contributed by atoms with E-state index in [2.05, 4.69) is 33.8 Å². The van der Waals surface area contributed by atoms with E-state index in [9.17, 15) is 4.79 Å². The van der Waals surface area contributed by atoms with Crippen LogP contribution < -0.4 is 10.2 Å². The molecule has 1 N–H and O–H groups in total. The Labute approximate surface area is 141 Å². The normalized spacial score (nSPS) is 15.3. The number of amides is 2. The number of hydrogen-bond donors (Lipinski definition) is 1. The fourth-order valence-corrected chi connectivity index (χ4v) is 3.97. The van der Waals surface area contributed by atoms with Crippen molar-refractivity contribution in [3.63, 3.8) is 0 Å². The van der Waals surface area contributed by atoms with Crippen LogP contribution in [0.1, 0.15) is 22.9 Å². The lowest BCUT2D eigenvalue weighted by atomic mass is 10.0. The molecule has 1 atom stereocenters. The second-order valence-electron chi connectivity index (χ2n) is 6.06. The van der Waals surface area contributed by atoms with Gasteiger partial charge in [0, 0.05) is 23.7 Å². The van der Waals surface area contributed by atoms with Crippen LogP contribution in [0.15, 0.2) is 41.8 Å². The van der Waals surface area contributed by atoms with Gasteiger partial charge in [-0.05, 0) is 50.0 Å². The number of aryl methyl sites for hydroxylation is 1. The van der Waals surface area contributed by atoms with E-state index in [-0.39, 0.29) is 12.1 Å². The zero-order chi connectivity index (χ0) is 16.2. The van der Waals surface area contributed by atoms with Crippen molar-refractivity contribution in [3.8, 4) is 0 Å². The summed E-state index contributed by atoms with van der Waals surface area (Å²) >= 11 is 1.73. The highest BCUT2D eigenvalue weighted by Gasteiger charge is 2.23. The minimum atomic E-state index is 0.000515. The molecular formula is C18H23N3OS. The van der Waals surface area contributed by atoms with Crippen molar-refractivity contribution >= 4 is 23.1 Å². The SMILES string of the molecule is CN(C)[C@@H](CNC(=O)N1CCCc2ccccc21)c1cccs1. The van der Waals surface area contributed by atoms with Gasteiger partial charge in [0.15, 0.2) is 0 Å². The van der Waals surface area contributed by atoms with E-state index in [1.54, 1.807) is 11.3 Å². The Hall–Kier alpha value is -1.85. The number of thiophene rings is 1. The first-order valence-corrected chi connectivity index (χ1v) is 8.88. The molecule has 2 heterocycles. The van der Waals surface area contributed by atoms with Gasteiger partial charge in [0.1, 0.15) is 0 Å². The average Bonchev–Trinajstić information content (AvgIpc) is 3.08. The van der Waals surface area contributed by atoms with Crippen LogP contribution in [0.5, 0.6) is 0 Å². The van der Waals surface area contributed by atoms with Crippen LogP contribution in [0.25, 0.3) is 0 Å². The fraction of sp³-hybridized carbons (Fsp3) is 0.389. The Morgan fingerprint density at radius 2 is 2.13 bits per heavy atom. The molecule has 0 fully saturated rings. The summed E-state index contributed by atoms with van der Waals surface area (Å²) in [5.74, 6) is 0. The van der Waals surface area contributed by atoms with Crippen molar-refractivity contribution in [1.82, 2.24) is 10.2 Å². The number of nitrogens with zero attached hydrogens (tertiary/aromatic N) is 2. The molecule has 0 spiro atoms. The molecule has 0 saturated carbocycles. The van der Waals surface area contributed by atoms with Gasteiger partial charge in [-0.25, -0.2) is 4.79 Å². The molecule has 0 aliphatic carbocycles. The number of urea groups is 1. The first kappa shape index (κ1) is 16.0. The van der Waals surface area contributed by atoms with E-state index in [4.69, 9.17) is 0 Å². The van der Waals surface area contributed by atoms with Gasteiger partial charge in [0.25, 0.3) is 0 Å². The van der Waals surface area contributed by atoms with Crippen LogP contribution in [0, 0.1) is 0 Å². The summed E-state index contributed by atoms with van der Waals surface area (Å²) in [6.07, 6.45) is 2.07. The molecule has 4 nitrogen and oxygen atoms in total. The number of nitrogens with one attached hydrogen (secondary N) is 1. The van der Waals surface area contributed by atoms with Crippen LogP contribution in [-0.4, -0.2) is 38.1 Å². The lowest BCUT2D eigenvalue weighted by Crippen LogP contribution is -2.45. The summed E-state index contributed by atoms with van der Waals surface area (Å²) < 4.78 is 0. The lowest BCUT2D eigenvalue weighted by molar-refractivity contribution is 0.238. The summed E-state index contributed by atoms with van der Waals surface area (Å²) in [5, 5.41) is 5.19. The number of para-hydroxylation sites is 1. The van der Waals surface area contributed by atoms with Crippen molar-refractivity contribution in [2.24, 2.45) is 0 Å². The average molecular weight is 329 g/mol. The third kappa shape index (κ3) is 3.57. The maximum absolute atomic E-state index is 12.7. The molecule has 0 unspecified atom stereocenters. The number of fused-ring (bicyclic) bond motifs is 1. The second-order valence-corrected chi connectivity index (χ2v) is 7.04.